The van der Waals surface area contributed by atoms with Crippen molar-refractivity contribution >= 4 is 5.91 Å². The number of rotatable bonds is 4. The van der Waals surface area contributed by atoms with E-state index >= 15 is 0 Å². The molecule has 2 aliphatic rings. The van der Waals surface area contributed by atoms with Crippen LogP contribution in [0.3, 0.4) is 0 Å². The van der Waals surface area contributed by atoms with Crippen LogP contribution in [0.5, 0.6) is 0 Å². The predicted molar refractivity (Wildman–Crippen MR) is 73.6 cm³/mol. The van der Waals surface area contributed by atoms with Crippen LogP contribution in [0, 0.1) is 11.3 Å². The Morgan fingerprint density at radius 1 is 1.42 bits per heavy atom. The third-order valence-electron chi connectivity index (χ3n) is 4.51. The number of carbonyl (C=O) groups excluding carboxylic acids is 1. The van der Waals surface area contributed by atoms with Crippen LogP contribution in [0.4, 0.5) is 0 Å². The van der Waals surface area contributed by atoms with Crippen molar-refractivity contribution in [3.8, 4) is 0 Å². The number of piperidine rings is 1. The molecule has 1 saturated heterocycles. The van der Waals surface area contributed by atoms with Crippen LogP contribution in [0.2, 0.25) is 0 Å². The number of amides is 1. The van der Waals surface area contributed by atoms with Crippen molar-refractivity contribution in [2.75, 3.05) is 19.6 Å². The van der Waals surface area contributed by atoms with E-state index in [1.807, 2.05) is 18.2 Å². The Balaban J connectivity index is 1.43. The average Bonchev–Trinajstić information content (AvgIpc) is 3.14. The summed E-state index contributed by atoms with van der Waals surface area (Å²) in [5.74, 6) is 0.510. The molecule has 0 radical (unpaired) electrons. The summed E-state index contributed by atoms with van der Waals surface area (Å²) in [5, 5.41) is 6.43. The highest BCUT2D eigenvalue weighted by atomic mass is 16.2. The first kappa shape index (κ1) is 12.6. The van der Waals surface area contributed by atoms with E-state index in [9.17, 15) is 4.79 Å². The molecule has 2 heterocycles. The largest absolute Gasteiger partial charge is 0.355 e. The van der Waals surface area contributed by atoms with Gasteiger partial charge in [0.05, 0.1) is 0 Å². The van der Waals surface area contributed by atoms with Gasteiger partial charge in [-0.25, -0.2) is 0 Å². The van der Waals surface area contributed by atoms with Gasteiger partial charge in [0.1, 0.15) is 0 Å². The van der Waals surface area contributed by atoms with E-state index in [-0.39, 0.29) is 11.8 Å². The SMILES string of the molecule is O=C(NCCc1ccccn1)C1CC12CCNCC2. The second-order valence-corrected chi connectivity index (χ2v) is 5.73. The Morgan fingerprint density at radius 2 is 2.26 bits per heavy atom. The summed E-state index contributed by atoms with van der Waals surface area (Å²) in [4.78, 5) is 16.4. The topological polar surface area (TPSA) is 54.0 Å². The van der Waals surface area contributed by atoms with Gasteiger partial charge in [-0.15, -0.1) is 0 Å². The molecule has 2 N–H and O–H groups in total. The summed E-state index contributed by atoms with van der Waals surface area (Å²) >= 11 is 0. The van der Waals surface area contributed by atoms with Gasteiger partial charge in [-0.05, 0) is 49.9 Å². The fourth-order valence-corrected chi connectivity index (χ4v) is 3.18. The Morgan fingerprint density at radius 3 is 3.00 bits per heavy atom. The minimum absolute atomic E-state index is 0.248. The van der Waals surface area contributed by atoms with Crippen LogP contribution in [0.1, 0.15) is 25.0 Å². The average molecular weight is 259 g/mol. The van der Waals surface area contributed by atoms with Crippen molar-refractivity contribution in [1.82, 2.24) is 15.6 Å². The lowest BCUT2D eigenvalue weighted by Gasteiger charge is -2.23. The predicted octanol–water partition coefficient (Wildman–Crippen LogP) is 1.13. The van der Waals surface area contributed by atoms with Gasteiger partial charge in [-0.3, -0.25) is 9.78 Å². The van der Waals surface area contributed by atoms with E-state index in [0.29, 0.717) is 12.0 Å². The molecule has 4 heteroatoms. The number of aromatic nitrogens is 1. The van der Waals surface area contributed by atoms with Crippen molar-refractivity contribution in [3.63, 3.8) is 0 Å². The molecule has 1 spiro atoms. The van der Waals surface area contributed by atoms with Gasteiger partial charge in [0.15, 0.2) is 0 Å². The van der Waals surface area contributed by atoms with Crippen LogP contribution in [0.25, 0.3) is 0 Å². The first-order valence-electron chi connectivity index (χ1n) is 7.19. The van der Waals surface area contributed by atoms with Crippen molar-refractivity contribution in [1.29, 1.82) is 0 Å². The fourth-order valence-electron chi connectivity index (χ4n) is 3.18. The second-order valence-electron chi connectivity index (χ2n) is 5.73. The lowest BCUT2D eigenvalue weighted by molar-refractivity contribution is -0.123. The number of nitrogens with zero attached hydrogens (tertiary/aromatic N) is 1. The molecule has 1 amide bonds. The lowest BCUT2D eigenvalue weighted by atomic mass is 9.92. The van der Waals surface area contributed by atoms with Crippen molar-refractivity contribution in [2.24, 2.45) is 11.3 Å². The molecule has 0 aromatic carbocycles. The van der Waals surface area contributed by atoms with Crippen LogP contribution in [-0.4, -0.2) is 30.5 Å². The van der Waals surface area contributed by atoms with Gasteiger partial charge in [0.2, 0.25) is 5.91 Å². The Bertz CT molecular complexity index is 440. The maximum atomic E-state index is 12.1. The quantitative estimate of drug-likeness (QED) is 0.852. The van der Waals surface area contributed by atoms with E-state index in [4.69, 9.17) is 0 Å². The standard InChI is InChI=1S/C15H21N3O/c19-14(13-11-15(13)5-9-16-10-6-15)18-8-4-12-3-1-2-7-17-12/h1-3,7,13,16H,4-6,8-11H2,(H,18,19). The van der Waals surface area contributed by atoms with E-state index < -0.39 is 0 Å². The Labute approximate surface area is 114 Å². The summed E-state index contributed by atoms with van der Waals surface area (Å²) in [5.41, 5.74) is 1.37. The highest BCUT2D eigenvalue weighted by Crippen LogP contribution is 2.58. The molecule has 1 atom stereocenters. The second kappa shape index (κ2) is 5.29. The first-order valence-corrected chi connectivity index (χ1v) is 7.19. The van der Waals surface area contributed by atoms with Gasteiger partial charge < -0.3 is 10.6 Å². The number of nitrogens with one attached hydrogen (secondary N) is 2. The van der Waals surface area contributed by atoms with Gasteiger partial charge in [-0.1, -0.05) is 6.07 Å². The normalized spacial score (nSPS) is 24.1. The number of hydrogen-bond acceptors (Lipinski definition) is 3. The molecular formula is C15H21N3O. The third-order valence-corrected chi connectivity index (χ3v) is 4.51. The molecule has 0 bridgehead atoms. The van der Waals surface area contributed by atoms with Crippen LogP contribution in [0.15, 0.2) is 24.4 Å². The van der Waals surface area contributed by atoms with Gasteiger partial charge in [0.25, 0.3) is 0 Å². The van der Waals surface area contributed by atoms with Gasteiger partial charge in [-0.2, -0.15) is 0 Å². The van der Waals surface area contributed by atoms with E-state index in [1.54, 1.807) is 6.20 Å². The first-order chi connectivity index (χ1) is 9.30. The van der Waals surface area contributed by atoms with Crippen LogP contribution < -0.4 is 10.6 Å². The molecule has 19 heavy (non-hydrogen) atoms. The molecule has 1 saturated carbocycles. The summed E-state index contributed by atoms with van der Waals surface area (Å²) in [6, 6.07) is 5.89. The van der Waals surface area contributed by atoms with Crippen LogP contribution >= 0.6 is 0 Å². The van der Waals surface area contributed by atoms with Crippen molar-refractivity contribution < 1.29 is 4.79 Å². The smallest absolute Gasteiger partial charge is 0.223 e. The molecule has 1 aliphatic heterocycles. The maximum Gasteiger partial charge on any atom is 0.223 e. The molecular weight excluding hydrogens is 238 g/mol. The van der Waals surface area contributed by atoms with E-state index in [1.165, 1.54) is 0 Å². The fraction of sp³-hybridized carbons (Fsp3) is 0.600. The van der Waals surface area contributed by atoms with E-state index in [2.05, 4.69) is 15.6 Å². The number of hydrogen-bond donors (Lipinski definition) is 2. The summed E-state index contributed by atoms with van der Waals surface area (Å²) in [7, 11) is 0. The summed E-state index contributed by atoms with van der Waals surface area (Å²) in [6.45, 7) is 2.83. The number of carbonyl (C=O) groups is 1. The maximum absolute atomic E-state index is 12.1. The highest BCUT2D eigenvalue weighted by molar-refractivity contribution is 5.82. The molecule has 3 rings (SSSR count). The van der Waals surface area contributed by atoms with Crippen LogP contribution in [-0.2, 0) is 11.2 Å². The summed E-state index contributed by atoms with van der Waals surface area (Å²) in [6.07, 6.45) is 6.01. The lowest BCUT2D eigenvalue weighted by Crippen LogP contribution is -2.34. The van der Waals surface area contributed by atoms with Gasteiger partial charge in [0, 0.05) is 30.8 Å². The molecule has 1 unspecified atom stereocenters. The molecule has 1 aromatic rings. The minimum atomic E-state index is 0.248. The Hall–Kier alpha value is -1.42. The monoisotopic (exact) mass is 259 g/mol. The zero-order valence-corrected chi connectivity index (χ0v) is 11.2. The highest BCUT2D eigenvalue weighted by Gasteiger charge is 2.57. The molecule has 2 fully saturated rings. The zero-order chi connectivity index (χ0) is 13.1. The van der Waals surface area contributed by atoms with Gasteiger partial charge >= 0.3 is 0 Å². The van der Waals surface area contributed by atoms with E-state index in [0.717, 1.165) is 44.5 Å². The zero-order valence-electron chi connectivity index (χ0n) is 11.2. The Kier molecular flexibility index (Phi) is 3.51. The third kappa shape index (κ3) is 2.78. The summed E-state index contributed by atoms with van der Waals surface area (Å²) < 4.78 is 0. The number of pyridine rings is 1. The molecule has 102 valence electrons. The molecule has 1 aliphatic carbocycles. The minimum Gasteiger partial charge on any atom is -0.355 e. The molecule has 1 aromatic heterocycles. The van der Waals surface area contributed by atoms with Crippen molar-refractivity contribution in [3.05, 3.63) is 30.1 Å². The van der Waals surface area contributed by atoms with Crippen molar-refractivity contribution in [2.45, 2.75) is 25.7 Å². The molecule has 4 nitrogen and oxygen atoms in total.